The van der Waals surface area contributed by atoms with Crippen LogP contribution in [0.2, 0.25) is 0 Å². The summed E-state index contributed by atoms with van der Waals surface area (Å²) in [5.74, 6) is 0.461. The second-order valence-electron chi connectivity index (χ2n) is 5.08. The summed E-state index contributed by atoms with van der Waals surface area (Å²) in [5, 5.41) is 23.2. The molecule has 0 aliphatic carbocycles. The van der Waals surface area contributed by atoms with Gasteiger partial charge in [0.15, 0.2) is 12.4 Å². The maximum Gasteiger partial charge on any atom is 0.379 e. The highest BCUT2D eigenvalue weighted by Gasteiger charge is 2.10. The Morgan fingerprint density at radius 3 is 1.46 bits per heavy atom. The first kappa shape index (κ1) is 15.6. The molecule has 0 unspecified atom stereocenters. The van der Waals surface area contributed by atoms with E-state index in [4.69, 9.17) is 9.47 Å². The van der Waals surface area contributed by atoms with E-state index in [1.165, 1.54) is 12.4 Å². The topological polar surface area (TPSA) is 72.3 Å². The minimum Gasteiger partial charge on any atom is -0.616 e. The summed E-state index contributed by atoms with van der Waals surface area (Å²) < 4.78 is 12.5. The van der Waals surface area contributed by atoms with Crippen LogP contribution < -0.4 is 18.9 Å². The fourth-order valence-electron chi connectivity index (χ4n) is 2.19. The van der Waals surface area contributed by atoms with E-state index >= 15 is 0 Å². The number of hydrogen-bond donors (Lipinski definition) is 0. The van der Waals surface area contributed by atoms with Gasteiger partial charge >= 0.3 is 11.8 Å². The second-order valence-corrected chi connectivity index (χ2v) is 5.08. The molecule has 1 aromatic carbocycles. The van der Waals surface area contributed by atoms with Crippen LogP contribution in [0.3, 0.4) is 0 Å². The van der Waals surface area contributed by atoms with Crippen molar-refractivity contribution in [2.45, 2.75) is 13.2 Å². The largest absolute Gasteiger partial charge is 0.616 e. The molecule has 0 aliphatic heterocycles. The Morgan fingerprint density at radius 1 is 0.625 bits per heavy atom. The van der Waals surface area contributed by atoms with Crippen LogP contribution in [-0.4, -0.2) is 0 Å². The predicted molar refractivity (Wildman–Crippen MR) is 85.9 cm³/mol. The summed E-state index contributed by atoms with van der Waals surface area (Å²) >= 11 is 0. The smallest absolute Gasteiger partial charge is 0.379 e. The lowest BCUT2D eigenvalue weighted by Crippen LogP contribution is -2.28. The van der Waals surface area contributed by atoms with E-state index < -0.39 is 0 Å². The summed E-state index contributed by atoms with van der Waals surface area (Å²) in [5.41, 5.74) is 1.77. The van der Waals surface area contributed by atoms with E-state index in [9.17, 15) is 10.4 Å². The summed E-state index contributed by atoms with van der Waals surface area (Å²) in [4.78, 5) is 0. The SMILES string of the molecule is [O-][n+]1ccccc1OCc1ccccc1COc1cccc[n+]1[O-]. The standard InChI is InChI=1S/C18H16N2O4/c21-19-11-5-3-9-17(19)23-13-15-7-1-2-8-16(15)14-24-18-10-4-6-12-20(18)22/h1-12H,13-14H2. The molecule has 6 heteroatoms. The minimum atomic E-state index is 0.230. The number of nitrogens with zero attached hydrogens (tertiary/aromatic N) is 2. The summed E-state index contributed by atoms with van der Waals surface area (Å²) in [7, 11) is 0. The molecule has 0 amide bonds. The van der Waals surface area contributed by atoms with Crippen LogP contribution in [0.5, 0.6) is 11.8 Å². The van der Waals surface area contributed by atoms with Crippen molar-refractivity contribution in [1.29, 1.82) is 0 Å². The Labute approximate surface area is 139 Å². The van der Waals surface area contributed by atoms with E-state index in [-0.39, 0.29) is 25.0 Å². The molecule has 122 valence electrons. The molecular formula is C18H16N2O4. The molecule has 0 spiro atoms. The summed E-state index contributed by atoms with van der Waals surface area (Å²) in [6.07, 6.45) is 2.76. The Morgan fingerprint density at radius 2 is 1.04 bits per heavy atom. The molecule has 3 rings (SSSR count). The fourth-order valence-corrected chi connectivity index (χ4v) is 2.19. The zero-order chi connectivity index (χ0) is 16.8. The number of ether oxygens (including phenoxy) is 2. The van der Waals surface area contributed by atoms with Gasteiger partial charge in [0.2, 0.25) is 0 Å². The summed E-state index contributed by atoms with van der Waals surface area (Å²) in [6, 6.07) is 17.5. The highest BCUT2D eigenvalue weighted by molar-refractivity contribution is 5.26. The third-order valence-corrected chi connectivity index (χ3v) is 3.45. The third-order valence-electron chi connectivity index (χ3n) is 3.45. The van der Waals surface area contributed by atoms with E-state index in [0.29, 0.717) is 9.46 Å². The van der Waals surface area contributed by atoms with Crippen molar-refractivity contribution in [3.05, 3.63) is 94.6 Å². The van der Waals surface area contributed by atoms with E-state index in [0.717, 1.165) is 11.1 Å². The first-order valence-electron chi connectivity index (χ1n) is 7.43. The average molecular weight is 324 g/mol. The van der Waals surface area contributed by atoms with Gasteiger partial charge in [-0.25, -0.2) is 0 Å². The Kier molecular flexibility index (Phi) is 4.76. The zero-order valence-corrected chi connectivity index (χ0v) is 12.9. The lowest BCUT2D eigenvalue weighted by molar-refractivity contribution is -0.613. The average Bonchev–Trinajstić information content (AvgIpc) is 2.61. The van der Waals surface area contributed by atoms with Crippen LogP contribution in [-0.2, 0) is 13.2 Å². The quantitative estimate of drug-likeness (QED) is 0.514. The Balaban J connectivity index is 1.69. The van der Waals surface area contributed by atoms with Gasteiger partial charge in [-0.15, -0.1) is 9.46 Å². The van der Waals surface area contributed by atoms with Gasteiger partial charge < -0.3 is 19.9 Å². The molecule has 0 aliphatic rings. The monoisotopic (exact) mass is 324 g/mol. The van der Waals surface area contributed by atoms with Crippen molar-refractivity contribution in [2.75, 3.05) is 0 Å². The molecule has 3 aromatic rings. The number of benzene rings is 1. The third kappa shape index (κ3) is 3.73. The van der Waals surface area contributed by atoms with Crippen LogP contribution >= 0.6 is 0 Å². The zero-order valence-electron chi connectivity index (χ0n) is 12.9. The molecule has 0 atom stereocenters. The first-order valence-corrected chi connectivity index (χ1v) is 7.43. The number of rotatable bonds is 6. The normalized spacial score (nSPS) is 10.3. The van der Waals surface area contributed by atoms with Crippen molar-refractivity contribution in [3.8, 4) is 11.8 Å². The number of aromatic nitrogens is 2. The van der Waals surface area contributed by atoms with Crippen molar-refractivity contribution in [2.24, 2.45) is 0 Å². The first-order chi connectivity index (χ1) is 11.7. The van der Waals surface area contributed by atoms with Gasteiger partial charge in [-0.3, -0.25) is 0 Å². The molecular weight excluding hydrogens is 308 g/mol. The maximum atomic E-state index is 11.6. The van der Waals surface area contributed by atoms with E-state index in [1.54, 1.807) is 36.4 Å². The molecule has 0 saturated carbocycles. The molecule has 24 heavy (non-hydrogen) atoms. The van der Waals surface area contributed by atoms with E-state index in [2.05, 4.69) is 0 Å². The van der Waals surface area contributed by atoms with Crippen molar-refractivity contribution < 1.29 is 18.9 Å². The Bertz CT molecular complexity index is 755. The van der Waals surface area contributed by atoms with Crippen LogP contribution in [0.1, 0.15) is 11.1 Å². The van der Waals surface area contributed by atoms with Gasteiger partial charge in [0.25, 0.3) is 0 Å². The van der Waals surface area contributed by atoms with E-state index in [1.807, 2.05) is 24.3 Å². The van der Waals surface area contributed by atoms with Gasteiger partial charge in [0.05, 0.1) is 12.1 Å². The van der Waals surface area contributed by atoms with Gasteiger partial charge in [0.1, 0.15) is 13.2 Å². The highest BCUT2D eigenvalue weighted by atomic mass is 16.6. The van der Waals surface area contributed by atoms with Crippen molar-refractivity contribution in [1.82, 2.24) is 0 Å². The van der Waals surface area contributed by atoms with Gasteiger partial charge in [-0.1, -0.05) is 24.3 Å². The molecule has 2 aromatic heterocycles. The van der Waals surface area contributed by atoms with Gasteiger partial charge in [-0.2, -0.15) is 0 Å². The fraction of sp³-hybridized carbons (Fsp3) is 0.111. The molecule has 0 N–H and O–H groups in total. The van der Waals surface area contributed by atoms with Crippen LogP contribution in [0.25, 0.3) is 0 Å². The highest BCUT2D eigenvalue weighted by Crippen LogP contribution is 2.14. The summed E-state index contributed by atoms with van der Waals surface area (Å²) in [6.45, 7) is 0.468. The van der Waals surface area contributed by atoms with Crippen LogP contribution in [0.4, 0.5) is 0 Å². The molecule has 0 saturated heterocycles. The lowest BCUT2D eigenvalue weighted by Gasteiger charge is -2.11. The van der Waals surface area contributed by atoms with Crippen molar-refractivity contribution >= 4 is 0 Å². The van der Waals surface area contributed by atoms with Crippen LogP contribution in [0.15, 0.2) is 73.1 Å². The second kappa shape index (κ2) is 7.32. The van der Waals surface area contributed by atoms with Gasteiger partial charge in [0, 0.05) is 12.1 Å². The number of hydrogen-bond acceptors (Lipinski definition) is 4. The molecule has 2 heterocycles. The number of pyridine rings is 2. The molecule has 0 bridgehead atoms. The van der Waals surface area contributed by atoms with Crippen LogP contribution in [0, 0.1) is 10.4 Å². The predicted octanol–water partition coefficient (Wildman–Crippen LogP) is 2.11. The molecule has 0 fully saturated rings. The van der Waals surface area contributed by atoms with Crippen molar-refractivity contribution in [3.63, 3.8) is 0 Å². The maximum absolute atomic E-state index is 11.6. The lowest BCUT2D eigenvalue weighted by atomic mass is 10.1. The Hall–Kier alpha value is -3.28. The molecule has 6 nitrogen and oxygen atoms in total. The van der Waals surface area contributed by atoms with Gasteiger partial charge in [-0.05, 0) is 23.3 Å². The molecule has 0 radical (unpaired) electrons. The minimum absolute atomic E-state index is 0.230.